The average molecular weight is 308 g/mol. The molecule has 0 spiro atoms. The largest absolute Gasteiger partial charge is 0.356 e. The Bertz CT molecular complexity index is 470. The zero-order valence-corrected chi connectivity index (χ0v) is 14.2. The van der Waals surface area contributed by atoms with Gasteiger partial charge in [-0.2, -0.15) is 0 Å². The Morgan fingerprint density at radius 1 is 1.18 bits per heavy atom. The summed E-state index contributed by atoms with van der Waals surface area (Å²) in [6, 6.07) is 4.94. The Hall–Kier alpha value is -1.62. The molecule has 0 aliphatic rings. The monoisotopic (exact) mass is 308 g/mol. The van der Waals surface area contributed by atoms with Gasteiger partial charge in [-0.15, -0.1) is 0 Å². The molecule has 5 heteroatoms. The summed E-state index contributed by atoms with van der Waals surface area (Å²) in [5.41, 5.74) is 2.15. The summed E-state index contributed by atoms with van der Waals surface area (Å²) in [5, 5.41) is 6.61. The van der Waals surface area contributed by atoms with Gasteiger partial charge in [0.1, 0.15) is 5.82 Å². The molecule has 0 aliphatic carbocycles. The highest BCUT2D eigenvalue weighted by atomic mass is 19.1. The van der Waals surface area contributed by atoms with Crippen LogP contribution in [0.15, 0.2) is 23.2 Å². The molecule has 0 fully saturated rings. The maximum atomic E-state index is 13.1. The molecule has 0 unspecified atom stereocenters. The van der Waals surface area contributed by atoms with Crippen molar-refractivity contribution < 1.29 is 4.39 Å². The Labute approximate surface area is 133 Å². The number of likely N-dealkylation sites (N-methyl/N-ethyl adjacent to an activating group) is 1. The van der Waals surface area contributed by atoms with E-state index in [0.717, 1.165) is 56.2 Å². The van der Waals surface area contributed by atoms with Gasteiger partial charge in [0.05, 0.1) is 0 Å². The SMILES string of the molecule is CCN(CC)CCNC(=NC)NCCc1ccc(F)cc1C. The fourth-order valence-electron chi connectivity index (χ4n) is 2.35. The number of nitrogens with one attached hydrogen (secondary N) is 2. The standard InChI is InChI=1S/C17H29FN4/c1-5-22(6-2)12-11-21-17(19-4)20-10-9-15-7-8-16(18)13-14(15)3/h7-8,13H,5-6,9-12H2,1-4H3,(H2,19,20,21). The maximum Gasteiger partial charge on any atom is 0.191 e. The van der Waals surface area contributed by atoms with E-state index in [2.05, 4.69) is 34.4 Å². The first kappa shape index (κ1) is 18.4. The lowest BCUT2D eigenvalue weighted by atomic mass is 10.1. The molecule has 124 valence electrons. The molecule has 0 bridgehead atoms. The summed E-state index contributed by atoms with van der Waals surface area (Å²) >= 11 is 0. The van der Waals surface area contributed by atoms with Crippen molar-refractivity contribution in [2.24, 2.45) is 4.99 Å². The van der Waals surface area contributed by atoms with Gasteiger partial charge in [0.2, 0.25) is 0 Å². The zero-order chi connectivity index (χ0) is 16.4. The third-order valence-electron chi connectivity index (χ3n) is 3.83. The Balaban J connectivity index is 2.32. The van der Waals surface area contributed by atoms with Crippen LogP contribution in [0.2, 0.25) is 0 Å². The molecule has 0 heterocycles. The molecule has 4 nitrogen and oxygen atoms in total. The van der Waals surface area contributed by atoms with E-state index >= 15 is 0 Å². The van der Waals surface area contributed by atoms with E-state index in [-0.39, 0.29) is 5.82 Å². The minimum Gasteiger partial charge on any atom is -0.356 e. The van der Waals surface area contributed by atoms with Gasteiger partial charge in [-0.1, -0.05) is 19.9 Å². The van der Waals surface area contributed by atoms with Crippen LogP contribution in [0.4, 0.5) is 4.39 Å². The van der Waals surface area contributed by atoms with Crippen LogP contribution in [0, 0.1) is 12.7 Å². The highest BCUT2D eigenvalue weighted by Crippen LogP contribution is 2.10. The molecule has 0 saturated heterocycles. The van der Waals surface area contributed by atoms with Crippen LogP contribution in [-0.4, -0.2) is 50.6 Å². The van der Waals surface area contributed by atoms with E-state index in [9.17, 15) is 4.39 Å². The highest BCUT2D eigenvalue weighted by Gasteiger charge is 2.03. The normalized spacial score (nSPS) is 11.8. The lowest BCUT2D eigenvalue weighted by molar-refractivity contribution is 0.308. The molecule has 22 heavy (non-hydrogen) atoms. The smallest absolute Gasteiger partial charge is 0.191 e. The Morgan fingerprint density at radius 3 is 2.45 bits per heavy atom. The van der Waals surface area contributed by atoms with Gasteiger partial charge < -0.3 is 15.5 Å². The van der Waals surface area contributed by atoms with E-state index in [1.54, 1.807) is 13.1 Å². The summed E-state index contributed by atoms with van der Waals surface area (Å²) in [6.07, 6.45) is 0.850. The topological polar surface area (TPSA) is 39.7 Å². The summed E-state index contributed by atoms with van der Waals surface area (Å²) in [5.74, 6) is 0.634. The summed E-state index contributed by atoms with van der Waals surface area (Å²) in [4.78, 5) is 6.58. The molecule has 0 saturated carbocycles. The van der Waals surface area contributed by atoms with Gasteiger partial charge in [0, 0.05) is 26.7 Å². The molecular weight excluding hydrogens is 279 g/mol. The third-order valence-corrected chi connectivity index (χ3v) is 3.83. The van der Waals surface area contributed by atoms with Crippen LogP contribution in [0.1, 0.15) is 25.0 Å². The predicted octanol–water partition coefficient (Wildman–Crippen LogP) is 2.18. The van der Waals surface area contributed by atoms with Gasteiger partial charge in [0.15, 0.2) is 5.96 Å². The van der Waals surface area contributed by atoms with E-state index in [1.807, 2.05) is 13.0 Å². The summed E-state index contributed by atoms with van der Waals surface area (Å²) in [7, 11) is 1.77. The molecule has 2 N–H and O–H groups in total. The minimum absolute atomic E-state index is 0.178. The fourth-order valence-corrected chi connectivity index (χ4v) is 2.35. The molecule has 0 amide bonds. The van der Waals surface area contributed by atoms with Crippen molar-refractivity contribution in [2.75, 3.05) is 39.8 Å². The molecule has 1 aromatic carbocycles. The second kappa shape index (κ2) is 10.2. The second-order valence-corrected chi connectivity index (χ2v) is 5.27. The maximum absolute atomic E-state index is 13.1. The number of aryl methyl sites for hydroxylation is 1. The summed E-state index contributed by atoms with van der Waals surface area (Å²) < 4.78 is 13.1. The average Bonchev–Trinajstić information content (AvgIpc) is 2.51. The highest BCUT2D eigenvalue weighted by molar-refractivity contribution is 5.79. The van der Waals surface area contributed by atoms with Crippen molar-refractivity contribution in [1.29, 1.82) is 0 Å². The van der Waals surface area contributed by atoms with Crippen molar-refractivity contribution in [1.82, 2.24) is 15.5 Å². The molecule has 0 radical (unpaired) electrons. The minimum atomic E-state index is -0.178. The number of hydrogen-bond donors (Lipinski definition) is 2. The van der Waals surface area contributed by atoms with E-state index < -0.39 is 0 Å². The van der Waals surface area contributed by atoms with Crippen molar-refractivity contribution in [3.05, 3.63) is 35.1 Å². The van der Waals surface area contributed by atoms with E-state index in [1.165, 1.54) is 6.07 Å². The predicted molar refractivity (Wildman–Crippen MR) is 92.0 cm³/mol. The number of guanidine groups is 1. The number of benzene rings is 1. The van der Waals surface area contributed by atoms with Gasteiger partial charge >= 0.3 is 0 Å². The number of aliphatic imine (C=N–C) groups is 1. The first-order chi connectivity index (χ1) is 10.6. The second-order valence-electron chi connectivity index (χ2n) is 5.27. The van der Waals surface area contributed by atoms with Crippen LogP contribution in [0.3, 0.4) is 0 Å². The van der Waals surface area contributed by atoms with Gasteiger partial charge in [-0.25, -0.2) is 4.39 Å². The van der Waals surface area contributed by atoms with Crippen LogP contribution < -0.4 is 10.6 Å². The van der Waals surface area contributed by atoms with E-state index in [4.69, 9.17) is 0 Å². The number of rotatable bonds is 8. The number of halogens is 1. The molecule has 1 rings (SSSR count). The van der Waals surface area contributed by atoms with Crippen LogP contribution in [-0.2, 0) is 6.42 Å². The lowest BCUT2D eigenvalue weighted by Gasteiger charge is -2.19. The van der Waals surface area contributed by atoms with E-state index in [0.29, 0.717) is 0 Å². The molecular formula is C17H29FN4. The van der Waals surface area contributed by atoms with Gasteiger partial charge in [0.25, 0.3) is 0 Å². The van der Waals surface area contributed by atoms with Crippen LogP contribution in [0.5, 0.6) is 0 Å². The first-order valence-corrected chi connectivity index (χ1v) is 8.02. The number of hydrogen-bond acceptors (Lipinski definition) is 2. The molecule has 0 atom stereocenters. The van der Waals surface area contributed by atoms with Crippen molar-refractivity contribution in [2.45, 2.75) is 27.2 Å². The van der Waals surface area contributed by atoms with Crippen molar-refractivity contribution >= 4 is 5.96 Å². The number of nitrogens with zero attached hydrogens (tertiary/aromatic N) is 2. The van der Waals surface area contributed by atoms with Crippen molar-refractivity contribution in [3.63, 3.8) is 0 Å². The van der Waals surface area contributed by atoms with Crippen molar-refractivity contribution in [3.8, 4) is 0 Å². The molecule has 0 aliphatic heterocycles. The zero-order valence-electron chi connectivity index (χ0n) is 14.2. The van der Waals surface area contributed by atoms with Crippen LogP contribution in [0.25, 0.3) is 0 Å². The quantitative estimate of drug-likeness (QED) is 0.571. The Kier molecular flexibility index (Phi) is 8.51. The Morgan fingerprint density at radius 2 is 1.86 bits per heavy atom. The first-order valence-electron chi connectivity index (χ1n) is 8.02. The van der Waals surface area contributed by atoms with Crippen LogP contribution >= 0.6 is 0 Å². The molecule has 1 aromatic rings. The van der Waals surface area contributed by atoms with Gasteiger partial charge in [-0.3, -0.25) is 4.99 Å². The molecule has 0 aromatic heterocycles. The fraction of sp³-hybridized carbons (Fsp3) is 0.588. The third kappa shape index (κ3) is 6.43. The lowest BCUT2D eigenvalue weighted by Crippen LogP contribution is -2.42. The summed E-state index contributed by atoms with van der Waals surface area (Å²) in [6.45, 7) is 11.1. The van der Waals surface area contributed by atoms with Gasteiger partial charge in [-0.05, 0) is 49.7 Å².